The number of rotatable bonds is 9. The van der Waals surface area contributed by atoms with Crippen LogP contribution < -0.4 is 5.32 Å². The number of hydrogen-bond donors (Lipinski definition) is 1. The quantitative estimate of drug-likeness (QED) is 0.333. The van der Waals surface area contributed by atoms with Crippen LogP contribution in [0.4, 0.5) is 4.39 Å². The fraction of sp³-hybridized carbons (Fsp3) is 0.375. The Hall–Kier alpha value is -2.42. The molecule has 148 valence electrons. The molecular weight excluding hydrogens is 335 g/mol. The lowest BCUT2D eigenvalue weighted by molar-refractivity contribution is 0.639. The number of nitrogens with zero attached hydrogens (tertiary/aromatic N) is 1. The van der Waals surface area contributed by atoms with Gasteiger partial charge in [0.15, 0.2) is 0 Å². The zero-order valence-electron chi connectivity index (χ0n) is 17.4. The predicted molar refractivity (Wildman–Crippen MR) is 119 cm³/mol. The first kappa shape index (κ1) is 24.6. The first-order chi connectivity index (χ1) is 12.8. The van der Waals surface area contributed by atoms with Crippen molar-refractivity contribution in [1.29, 1.82) is 0 Å². The maximum Gasteiger partial charge on any atom is 0.118 e. The molecule has 0 aromatic rings. The Balaban J connectivity index is 0.000000516. The normalized spacial score (nSPS) is 17.1. The van der Waals surface area contributed by atoms with E-state index in [1.165, 1.54) is 11.8 Å². The summed E-state index contributed by atoms with van der Waals surface area (Å²) < 4.78 is 12.6. The molecule has 0 fully saturated rings. The molecule has 0 aliphatic heterocycles. The van der Waals surface area contributed by atoms with Crippen LogP contribution >= 0.6 is 0 Å². The minimum absolute atomic E-state index is 0.146. The first-order valence-electron chi connectivity index (χ1n) is 9.49. The lowest BCUT2D eigenvalue weighted by Gasteiger charge is -2.09. The Morgan fingerprint density at radius 3 is 2.52 bits per heavy atom. The van der Waals surface area contributed by atoms with E-state index in [0.29, 0.717) is 0 Å². The van der Waals surface area contributed by atoms with E-state index in [0.717, 1.165) is 42.8 Å². The monoisotopic (exact) mass is 370 g/mol. The molecule has 0 bridgehead atoms. The van der Waals surface area contributed by atoms with Crippen molar-refractivity contribution in [3.8, 4) is 0 Å². The third-order valence-electron chi connectivity index (χ3n) is 3.60. The number of aliphatic imine (C=N–C) groups is 1. The van der Waals surface area contributed by atoms with Gasteiger partial charge in [0.05, 0.1) is 0 Å². The van der Waals surface area contributed by atoms with Crippen LogP contribution in [0.15, 0.2) is 90.2 Å². The van der Waals surface area contributed by atoms with Crippen LogP contribution in [0.25, 0.3) is 0 Å². The van der Waals surface area contributed by atoms with Gasteiger partial charge in [0, 0.05) is 29.2 Å². The molecule has 0 spiro atoms. The van der Waals surface area contributed by atoms with Crippen molar-refractivity contribution in [2.75, 3.05) is 0 Å². The highest BCUT2D eigenvalue weighted by Crippen LogP contribution is 2.18. The smallest absolute Gasteiger partial charge is 0.118 e. The average molecular weight is 371 g/mol. The molecule has 1 atom stereocenters. The fourth-order valence-corrected chi connectivity index (χ4v) is 2.34. The van der Waals surface area contributed by atoms with Gasteiger partial charge in [0.1, 0.15) is 5.83 Å². The summed E-state index contributed by atoms with van der Waals surface area (Å²) in [5.41, 5.74) is 3.99. The molecule has 27 heavy (non-hydrogen) atoms. The van der Waals surface area contributed by atoms with Crippen molar-refractivity contribution in [2.24, 2.45) is 10.9 Å². The maximum absolute atomic E-state index is 12.6. The molecule has 0 saturated carbocycles. The van der Waals surface area contributed by atoms with E-state index >= 15 is 0 Å². The molecule has 1 aliphatic rings. The molecule has 1 aliphatic carbocycles. The number of allylic oxidation sites excluding steroid dienone is 10. The van der Waals surface area contributed by atoms with Gasteiger partial charge in [-0.3, -0.25) is 4.99 Å². The second-order valence-corrected chi connectivity index (χ2v) is 6.41. The maximum atomic E-state index is 12.6. The summed E-state index contributed by atoms with van der Waals surface area (Å²) in [7, 11) is 0. The Morgan fingerprint density at radius 2 is 2.04 bits per heavy atom. The van der Waals surface area contributed by atoms with E-state index in [1.54, 1.807) is 6.08 Å². The Labute approximate surface area is 165 Å². The number of halogens is 1. The highest BCUT2D eigenvalue weighted by Gasteiger charge is 2.04. The average Bonchev–Trinajstić information content (AvgIpc) is 2.61. The Kier molecular flexibility index (Phi) is 13.4. The molecule has 0 aromatic heterocycles. The summed E-state index contributed by atoms with van der Waals surface area (Å²) in [6, 6.07) is 0. The third kappa shape index (κ3) is 13.4. The predicted octanol–water partition coefficient (Wildman–Crippen LogP) is 7.34. The van der Waals surface area contributed by atoms with Gasteiger partial charge in [-0.15, -0.1) is 6.58 Å². The minimum Gasteiger partial charge on any atom is -0.363 e. The molecule has 0 saturated heterocycles. The fourth-order valence-electron chi connectivity index (χ4n) is 2.34. The topological polar surface area (TPSA) is 24.4 Å². The van der Waals surface area contributed by atoms with E-state index in [1.807, 2.05) is 38.2 Å². The summed E-state index contributed by atoms with van der Waals surface area (Å²) in [5, 5.41) is 3.26. The second kappa shape index (κ2) is 14.7. The van der Waals surface area contributed by atoms with Gasteiger partial charge in [-0.2, -0.15) is 0 Å². The van der Waals surface area contributed by atoms with E-state index in [-0.39, 0.29) is 11.7 Å². The van der Waals surface area contributed by atoms with Crippen LogP contribution in [0, 0.1) is 5.92 Å². The van der Waals surface area contributed by atoms with Crippen LogP contribution in [-0.4, -0.2) is 5.71 Å². The van der Waals surface area contributed by atoms with Gasteiger partial charge in [-0.05, 0) is 57.3 Å². The van der Waals surface area contributed by atoms with Crippen molar-refractivity contribution < 1.29 is 4.39 Å². The summed E-state index contributed by atoms with van der Waals surface area (Å²) in [6.07, 6.45) is 16.6. The third-order valence-corrected chi connectivity index (χ3v) is 3.60. The highest BCUT2D eigenvalue weighted by atomic mass is 19.1. The minimum atomic E-state index is -0.146. The second-order valence-electron chi connectivity index (χ2n) is 6.41. The Morgan fingerprint density at radius 1 is 1.33 bits per heavy atom. The van der Waals surface area contributed by atoms with Gasteiger partial charge in [0.2, 0.25) is 0 Å². The lowest BCUT2D eigenvalue weighted by atomic mass is 9.99. The van der Waals surface area contributed by atoms with Gasteiger partial charge >= 0.3 is 0 Å². The van der Waals surface area contributed by atoms with Crippen molar-refractivity contribution in [3.63, 3.8) is 0 Å². The van der Waals surface area contributed by atoms with Gasteiger partial charge < -0.3 is 5.32 Å². The standard InChI is InChI=1S/C13H16FN.C11H19N/c1-10(2)15-11(3)4-5-12-6-8-13(14)9-7-12;1-5-8-10(4)12-11(7-3)9-6-2/h4-6,8-9,12H,1,7H2,2-3H3;5,9,12H,1,4,6-8H2,2-3H3/b5-4+,15-11?;11-9+. The van der Waals surface area contributed by atoms with E-state index in [2.05, 4.69) is 50.0 Å². The van der Waals surface area contributed by atoms with Crippen LogP contribution in [-0.2, 0) is 0 Å². The van der Waals surface area contributed by atoms with Gasteiger partial charge in [-0.25, -0.2) is 4.39 Å². The zero-order valence-corrected chi connectivity index (χ0v) is 17.4. The molecule has 0 heterocycles. The Bertz CT molecular complexity index is 645. The van der Waals surface area contributed by atoms with Crippen LogP contribution in [0.2, 0.25) is 0 Å². The molecular formula is C24H35FN2. The largest absolute Gasteiger partial charge is 0.363 e. The van der Waals surface area contributed by atoms with Crippen molar-refractivity contribution in [1.82, 2.24) is 5.32 Å². The van der Waals surface area contributed by atoms with Crippen LogP contribution in [0.1, 0.15) is 53.4 Å². The molecule has 1 rings (SSSR count). The van der Waals surface area contributed by atoms with E-state index in [9.17, 15) is 4.39 Å². The van der Waals surface area contributed by atoms with Crippen LogP contribution in [0.5, 0.6) is 0 Å². The number of nitrogens with one attached hydrogen (secondary N) is 1. The first-order valence-corrected chi connectivity index (χ1v) is 9.49. The highest BCUT2D eigenvalue weighted by molar-refractivity contribution is 5.93. The lowest BCUT2D eigenvalue weighted by Crippen LogP contribution is -2.10. The van der Waals surface area contributed by atoms with E-state index in [4.69, 9.17) is 0 Å². The van der Waals surface area contributed by atoms with Crippen molar-refractivity contribution in [2.45, 2.75) is 53.4 Å². The SMILES string of the molecule is C=C(C)N=C(C)/C=C/C1C=CC(F)=CC1.C=CCC(=C)N/C(=C/CC)CC. The van der Waals surface area contributed by atoms with Gasteiger partial charge in [0.25, 0.3) is 0 Å². The molecule has 0 radical (unpaired) electrons. The zero-order chi connectivity index (χ0) is 20.7. The summed E-state index contributed by atoms with van der Waals surface area (Å²) in [6.45, 7) is 19.3. The van der Waals surface area contributed by atoms with Crippen molar-refractivity contribution in [3.05, 3.63) is 85.2 Å². The van der Waals surface area contributed by atoms with Crippen molar-refractivity contribution >= 4 is 5.71 Å². The molecule has 3 heteroatoms. The summed E-state index contributed by atoms with van der Waals surface area (Å²) in [4.78, 5) is 4.20. The van der Waals surface area contributed by atoms with E-state index < -0.39 is 0 Å². The molecule has 2 nitrogen and oxygen atoms in total. The molecule has 1 unspecified atom stereocenters. The summed E-state index contributed by atoms with van der Waals surface area (Å²) >= 11 is 0. The number of hydrogen-bond acceptors (Lipinski definition) is 2. The molecule has 0 amide bonds. The molecule has 0 aromatic carbocycles. The molecule has 1 N–H and O–H groups in total. The summed E-state index contributed by atoms with van der Waals surface area (Å²) in [5.74, 6) is 0.131. The van der Waals surface area contributed by atoms with Gasteiger partial charge in [-0.1, -0.05) is 51.3 Å². The van der Waals surface area contributed by atoms with Crippen LogP contribution in [0.3, 0.4) is 0 Å².